The Morgan fingerprint density at radius 2 is 1.95 bits per heavy atom. The summed E-state index contributed by atoms with van der Waals surface area (Å²) >= 11 is 0. The van der Waals surface area contributed by atoms with Gasteiger partial charge in [0.1, 0.15) is 5.82 Å². The average molecular weight is 328 g/mol. The number of benzene rings is 1. The van der Waals surface area contributed by atoms with Gasteiger partial charge in [-0.1, -0.05) is 31.0 Å². The third-order valence-corrected chi connectivity index (χ3v) is 5.63. The zero-order valence-electron chi connectivity index (χ0n) is 12.5. The standard InChI is InChI=1S/C15H21FN2O3S/c1-22(20,21)14-9-5-4-8-13(14)18-15(19)17-10-11-6-2-3-7-12(11)16/h2-3,6-7,13-14H,4-5,8-10H2,1H3,(H2,17,18,19)/t13-,14-/m1/s1. The average Bonchev–Trinajstić information content (AvgIpc) is 2.46. The van der Waals surface area contributed by atoms with Gasteiger partial charge in [0.2, 0.25) is 0 Å². The number of carbonyl (C=O) groups is 1. The number of nitrogens with one attached hydrogen (secondary N) is 2. The summed E-state index contributed by atoms with van der Waals surface area (Å²) in [6.07, 6.45) is 4.16. The number of halogens is 1. The molecule has 1 aliphatic rings. The second-order valence-electron chi connectivity index (χ2n) is 5.68. The number of sulfone groups is 1. The normalized spacial score (nSPS) is 22.1. The molecular weight excluding hydrogens is 307 g/mol. The number of hydrogen-bond donors (Lipinski definition) is 2. The highest BCUT2D eigenvalue weighted by Gasteiger charge is 2.33. The van der Waals surface area contributed by atoms with Gasteiger partial charge in [-0.25, -0.2) is 17.6 Å². The molecule has 0 saturated heterocycles. The molecule has 7 heteroatoms. The molecule has 0 spiro atoms. The molecule has 1 aliphatic carbocycles. The van der Waals surface area contributed by atoms with Crippen molar-refractivity contribution in [2.75, 3.05) is 6.26 Å². The molecule has 5 nitrogen and oxygen atoms in total. The van der Waals surface area contributed by atoms with E-state index in [1.165, 1.54) is 12.3 Å². The summed E-state index contributed by atoms with van der Waals surface area (Å²) in [6, 6.07) is 5.34. The van der Waals surface area contributed by atoms with E-state index in [0.29, 0.717) is 18.4 Å². The van der Waals surface area contributed by atoms with Gasteiger partial charge in [-0.3, -0.25) is 0 Å². The molecule has 1 aromatic carbocycles. The van der Waals surface area contributed by atoms with Crippen molar-refractivity contribution in [3.63, 3.8) is 0 Å². The van der Waals surface area contributed by atoms with Crippen LogP contribution in [0.3, 0.4) is 0 Å². The van der Waals surface area contributed by atoms with Crippen LogP contribution in [-0.4, -0.2) is 32.0 Å². The van der Waals surface area contributed by atoms with E-state index in [1.54, 1.807) is 18.2 Å². The van der Waals surface area contributed by atoms with Crippen molar-refractivity contribution in [3.8, 4) is 0 Å². The summed E-state index contributed by atoms with van der Waals surface area (Å²) < 4.78 is 37.0. The van der Waals surface area contributed by atoms with Crippen LogP contribution in [0.4, 0.5) is 9.18 Å². The highest BCUT2D eigenvalue weighted by atomic mass is 32.2. The molecule has 2 N–H and O–H groups in total. The molecule has 0 aliphatic heterocycles. The number of urea groups is 1. The van der Waals surface area contributed by atoms with E-state index in [9.17, 15) is 17.6 Å². The lowest BCUT2D eigenvalue weighted by molar-refractivity contribution is 0.232. The summed E-state index contributed by atoms with van der Waals surface area (Å²) in [7, 11) is -3.20. The van der Waals surface area contributed by atoms with E-state index < -0.39 is 21.1 Å². The molecular formula is C15H21FN2O3S. The zero-order valence-corrected chi connectivity index (χ0v) is 13.3. The molecule has 0 radical (unpaired) electrons. The Bertz CT molecular complexity index is 633. The molecule has 0 aromatic heterocycles. The molecule has 0 bridgehead atoms. The predicted molar refractivity (Wildman–Crippen MR) is 82.7 cm³/mol. The Morgan fingerprint density at radius 1 is 1.27 bits per heavy atom. The van der Waals surface area contributed by atoms with Gasteiger partial charge in [0.05, 0.1) is 5.25 Å². The Kier molecular flexibility index (Phi) is 5.39. The van der Waals surface area contributed by atoms with Crippen molar-refractivity contribution in [3.05, 3.63) is 35.6 Å². The van der Waals surface area contributed by atoms with E-state index in [-0.39, 0.29) is 18.4 Å². The fourth-order valence-corrected chi connectivity index (χ4v) is 4.21. The maximum atomic E-state index is 13.5. The zero-order chi connectivity index (χ0) is 16.2. The molecule has 122 valence electrons. The molecule has 2 atom stereocenters. The highest BCUT2D eigenvalue weighted by molar-refractivity contribution is 7.91. The molecule has 1 fully saturated rings. The van der Waals surface area contributed by atoms with Crippen LogP contribution in [0.25, 0.3) is 0 Å². The summed E-state index contributed by atoms with van der Waals surface area (Å²) in [5.41, 5.74) is 0.390. The number of hydrogen-bond acceptors (Lipinski definition) is 3. The second-order valence-corrected chi connectivity index (χ2v) is 7.94. The maximum absolute atomic E-state index is 13.5. The fraction of sp³-hybridized carbons (Fsp3) is 0.533. The monoisotopic (exact) mass is 328 g/mol. The molecule has 22 heavy (non-hydrogen) atoms. The smallest absolute Gasteiger partial charge is 0.315 e. The SMILES string of the molecule is CS(=O)(=O)[C@@H]1CCCC[C@H]1NC(=O)NCc1ccccc1F. The van der Waals surface area contributed by atoms with Crippen molar-refractivity contribution < 1.29 is 17.6 Å². The first-order valence-electron chi connectivity index (χ1n) is 7.34. The molecule has 1 saturated carbocycles. The van der Waals surface area contributed by atoms with Gasteiger partial charge in [0, 0.05) is 24.4 Å². The molecule has 2 amide bonds. The van der Waals surface area contributed by atoms with Crippen LogP contribution in [0.15, 0.2) is 24.3 Å². The van der Waals surface area contributed by atoms with E-state index >= 15 is 0 Å². The lowest BCUT2D eigenvalue weighted by Gasteiger charge is -2.30. The van der Waals surface area contributed by atoms with Gasteiger partial charge < -0.3 is 10.6 Å². The quantitative estimate of drug-likeness (QED) is 0.887. The molecule has 0 heterocycles. The summed E-state index contributed by atoms with van der Waals surface area (Å²) in [6.45, 7) is 0.0643. The van der Waals surface area contributed by atoms with Crippen molar-refractivity contribution in [2.45, 2.75) is 43.5 Å². The Balaban J connectivity index is 1.92. The van der Waals surface area contributed by atoms with Gasteiger partial charge in [0.15, 0.2) is 9.84 Å². The van der Waals surface area contributed by atoms with Gasteiger partial charge in [-0.05, 0) is 18.9 Å². The van der Waals surface area contributed by atoms with Crippen molar-refractivity contribution >= 4 is 15.9 Å². The lowest BCUT2D eigenvalue weighted by atomic mass is 9.95. The maximum Gasteiger partial charge on any atom is 0.315 e. The van der Waals surface area contributed by atoms with Crippen molar-refractivity contribution in [1.82, 2.24) is 10.6 Å². The minimum Gasteiger partial charge on any atom is -0.334 e. The van der Waals surface area contributed by atoms with Gasteiger partial charge in [0.25, 0.3) is 0 Å². The topological polar surface area (TPSA) is 75.3 Å². The van der Waals surface area contributed by atoms with E-state index in [4.69, 9.17) is 0 Å². The van der Waals surface area contributed by atoms with Crippen molar-refractivity contribution in [2.24, 2.45) is 0 Å². The van der Waals surface area contributed by atoms with Crippen LogP contribution in [0.1, 0.15) is 31.2 Å². The minimum absolute atomic E-state index is 0.0643. The number of amides is 2. The molecule has 1 aromatic rings. The number of carbonyl (C=O) groups excluding carboxylic acids is 1. The highest BCUT2D eigenvalue weighted by Crippen LogP contribution is 2.24. The molecule has 2 rings (SSSR count). The van der Waals surface area contributed by atoms with Crippen LogP contribution in [0, 0.1) is 5.82 Å². The summed E-state index contributed by atoms with van der Waals surface area (Å²) in [4.78, 5) is 11.9. The Morgan fingerprint density at radius 3 is 2.64 bits per heavy atom. The van der Waals surface area contributed by atoms with Crippen LogP contribution >= 0.6 is 0 Å². The molecule has 0 unspecified atom stereocenters. The third kappa shape index (κ3) is 4.43. The first kappa shape index (κ1) is 16.7. The third-order valence-electron chi connectivity index (χ3n) is 3.97. The summed E-state index contributed by atoms with van der Waals surface area (Å²) in [5, 5.41) is 4.75. The van der Waals surface area contributed by atoms with Gasteiger partial charge in [-0.15, -0.1) is 0 Å². The van der Waals surface area contributed by atoms with E-state index in [1.807, 2.05) is 0 Å². The Labute approximate surface area is 130 Å². The van der Waals surface area contributed by atoms with Crippen molar-refractivity contribution in [1.29, 1.82) is 0 Å². The lowest BCUT2D eigenvalue weighted by Crippen LogP contribution is -2.51. The van der Waals surface area contributed by atoms with E-state index in [2.05, 4.69) is 10.6 Å². The van der Waals surface area contributed by atoms with Gasteiger partial charge in [-0.2, -0.15) is 0 Å². The second kappa shape index (κ2) is 7.09. The fourth-order valence-electron chi connectivity index (χ4n) is 2.81. The minimum atomic E-state index is -3.20. The van der Waals surface area contributed by atoms with E-state index in [0.717, 1.165) is 12.8 Å². The first-order valence-corrected chi connectivity index (χ1v) is 9.30. The first-order chi connectivity index (χ1) is 10.4. The predicted octanol–water partition coefficient (Wildman–Crippen LogP) is 1.98. The largest absolute Gasteiger partial charge is 0.334 e. The van der Waals surface area contributed by atoms with Crippen LogP contribution in [0.5, 0.6) is 0 Å². The van der Waals surface area contributed by atoms with Crippen LogP contribution < -0.4 is 10.6 Å². The van der Waals surface area contributed by atoms with Crippen LogP contribution in [0.2, 0.25) is 0 Å². The Hall–Kier alpha value is -1.63. The van der Waals surface area contributed by atoms with Gasteiger partial charge >= 0.3 is 6.03 Å². The van der Waals surface area contributed by atoms with Crippen LogP contribution in [-0.2, 0) is 16.4 Å². The number of rotatable bonds is 4. The summed E-state index contributed by atoms with van der Waals surface area (Å²) in [5.74, 6) is -0.380.